The lowest BCUT2D eigenvalue weighted by molar-refractivity contribution is -0.144. The summed E-state index contributed by atoms with van der Waals surface area (Å²) in [6, 6.07) is 7.09. The smallest absolute Gasteiger partial charge is 0.309 e. The minimum absolute atomic E-state index is 0.226. The van der Waals surface area contributed by atoms with Crippen LogP contribution in [0, 0.1) is 0 Å². The zero-order chi connectivity index (χ0) is 13.9. The van der Waals surface area contributed by atoms with Crippen LogP contribution in [0.3, 0.4) is 0 Å². The molecular weight excluding hydrogens is 246 g/mol. The van der Waals surface area contributed by atoms with E-state index in [0.29, 0.717) is 31.3 Å². The van der Waals surface area contributed by atoms with E-state index in [9.17, 15) is 4.79 Å². The van der Waals surface area contributed by atoms with Gasteiger partial charge < -0.3 is 19.9 Å². The molecule has 5 nitrogen and oxygen atoms in total. The molecule has 0 unspecified atom stereocenters. The first-order valence-corrected chi connectivity index (χ1v) is 6.44. The van der Waals surface area contributed by atoms with Crippen molar-refractivity contribution in [3.8, 4) is 5.75 Å². The van der Waals surface area contributed by atoms with E-state index in [4.69, 9.17) is 19.9 Å². The number of carbonyl (C=O) groups excluding carboxylic acids is 1. The van der Waals surface area contributed by atoms with Gasteiger partial charge in [-0.25, -0.2) is 0 Å². The molecule has 0 aliphatic carbocycles. The second-order valence-electron chi connectivity index (χ2n) is 3.94. The van der Waals surface area contributed by atoms with Gasteiger partial charge in [-0.05, 0) is 19.1 Å². The Hall–Kier alpha value is -1.75. The number of benzene rings is 1. The van der Waals surface area contributed by atoms with Crippen LogP contribution in [0.4, 0.5) is 5.69 Å². The SMILES string of the molecule is CCOCCCOC(=O)CCOc1cccc(N)c1. The van der Waals surface area contributed by atoms with Crippen molar-refractivity contribution in [1.29, 1.82) is 0 Å². The van der Waals surface area contributed by atoms with E-state index < -0.39 is 0 Å². The second kappa shape index (κ2) is 9.22. The largest absolute Gasteiger partial charge is 0.493 e. The van der Waals surface area contributed by atoms with Gasteiger partial charge in [-0.3, -0.25) is 4.79 Å². The number of hydrogen-bond acceptors (Lipinski definition) is 5. The van der Waals surface area contributed by atoms with E-state index in [1.807, 2.05) is 6.92 Å². The standard InChI is InChI=1S/C14H21NO4/c1-2-17-8-4-9-19-14(16)7-10-18-13-6-3-5-12(15)11-13/h3,5-6,11H,2,4,7-10,15H2,1H3. The Morgan fingerprint density at radius 3 is 2.84 bits per heavy atom. The third-order valence-corrected chi connectivity index (χ3v) is 2.33. The van der Waals surface area contributed by atoms with Crippen LogP contribution in [0.2, 0.25) is 0 Å². The molecule has 0 saturated heterocycles. The van der Waals surface area contributed by atoms with Crippen molar-refractivity contribution in [3.63, 3.8) is 0 Å². The number of hydrogen-bond donors (Lipinski definition) is 1. The molecule has 0 amide bonds. The number of anilines is 1. The maximum Gasteiger partial charge on any atom is 0.309 e. The molecule has 0 saturated carbocycles. The molecule has 0 aliphatic heterocycles. The Bertz CT molecular complexity index is 381. The molecule has 0 aromatic heterocycles. The van der Waals surface area contributed by atoms with Crippen LogP contribution >= 0.6 is 0 Å². The summed E-state index contributed by atoms with van der Waals surface area (Å²) < 4.78 is 15.6. The Labute approximate surface area is 113 Å². The fourth-order valence-electron chi connectivity index (χ4n) is 1.42. The highest BCUT2D eigenvalue weighted by Crippen LogP contribution is 2.14. The van der Waals surface area contributed by atoms with Crippen molar-refractivity contribution in [2.24, 2.45) is 0 Å². The van der Waals surface area contributed by atoms with Gasteiger partial charge in [0.05, 0.1) is 19.6 Å². The average Bonchev–Trinajstić information content (AvgIpc) is 2.38. The van der Waals surface area contributed by atoms with E-state index in [0.717, 1.165) is 6.42 Å². The van der Waals surface area contributed by atoms with Crippen molar-refractivity contribution < 1.29 is 19.0 Å². The molecule has 0 radical (unpaired) electrons. The number of esters is 1. The normalized spacial score (nSPS) is 10.2. The summed E-state index contributed by atoms with van der Waals surface area (Å²) in [6.07, 6.45) is 0.944. The van der Waals surface area contributed by atoms with E-state index in [-0.39, 0.29) is 19.0 Å². The third-order valence-electron chi connectivity index (χ3n) is 2.33. The first-order valence-electron chi connectivity index (χ1n) is 6.44. The molecule has 0 fully saturated rings. The summed E-state index contributed by atoms with van der Waals surface area (Å²) in [6.45, 7) is 3.90. The van der Waals surface area contributed by atoms with E-state index in [1.165, 1.54) is 0 Å². The molecule has 5 heteroatoms. The summed E-state index contributed by atoms with van der Waals surface area (Å²) >= 11 is 0. The van der Waals surface area contributed by atoms with Crippen LogP contribution < -0.4 is 10.5 Å². The fourth-order valence-corrected chi connectivity index (χ4v) is 1.42. The minimum atomic E-state index is -0.264. The summed E-state index contributed by atoms with van der Waals surface area (Å²) in [5.41, 5.74) is 6.25. The number of nitrogens with two attached hydrogens (primary N) is 1. The highest BCUT2D eigenvalue weighted by atomic mass is 16.5. The Balaban J connectivity index is 2.07. The van der Waals surface area contributed by atoms with Gasteiger partial charge in [0.15, 0.2) is 0 Å². The molecule has 0 heterocycles. The number of nitrogen functional groups attached to an aromatic ring is 1. The average molecular weight is 267 g/mol. The van der Waals surface area contributed by atoms with Gasteiger partial charge in [-0.2, -0.15) is 0 Å². The summed E-state index contributed by atoms with van der Waals surface area (Å²) in [7, 11) is 0. The van der Waals surface area contributed by atoms with Gasteiger partial charge in [0, 0.05) is 31.4 Å². The van der Waals surface area contributed by atoms with Crippen molar-refractivity contribution in [1.82, 2.24) is 0 Å². The minimum Gasteiger partial charge on any atom is -0.493 e. The van der Waals surface area contributed by atoms with Crippen LogP contribution in [0.1, 0.15) is 19.8 Å². The summed E-state index contributed by atoms with van der Waals surface area (Å²) in [5, 5.41) is 0. The van der Waals surface area contributed by atoms with Gasteiger partial charge in [0.2, 0.25) is 0 Å². The summed E-state index contributed by atoms with van der Waals surface area (Å²) in [4.78, 5) is 11.4. The first-order chi connectivity index (χ1) is 9.22. The molecule has 0 spiro atoms. The van der Waals surface area contributed by atoms with Crippen LogP contribution in [-0.4, -0.2) is 32.4 Å². The molecule has 106 valence electrons. The van der Waals surface area contributed by atoms with Crippen LogP contribution in [0.5, 0.6) is 5.75 Å². The van der Waals surface area contributed by atoms with Gasteiger partial charge in [0.25, 0.3) is 0 Å². The first kappa shape index (κ1) is 15.3. The van der Waals surface area contributed by atoms with Crippen molar-refractivity contribution >= 4 is 11.7 Å². The zero-order valence-electron chi connectivity index (χ0n) is 11.3. The van der Waals surface area contributed by atoms with Gasteiger partial charge >= 0.3 is 5.97 Å². The molecule has 1 aromatic rings. The lowest BCUT2D eigenvalue weighted by Gasteiger charge is -2.07. The fraction of sp³-hybridized carbons (Fsp3) is 0.500. The molecule has 0 bridgehead atoms. The highest BCUT2D eigenvalue weighted by Gasteiger charge is 2.03. The third kappa shape index (κ3) is 7.31. The van der Waals surface area contributed by atoms with Crippen LogP contribution in [0.15, 0.2) is 24.3 Å². The highest BCUT2D eigenvalue weighted by molar-refractivity contribution is 5.69. The number of rotatable bonds is 9. The summed E-state index contributed by atoms with van der Waals surface area (Å²) in [5.74, 6) is 0.393. The molecule has 19 heavy (non-hydrogen) atoms. The van der Waals surface area contributed by atoms with E-state index >= 15 is 0 Å². The van der Waals surface area contributed by atoms with Gasteiger partial charge in [-0.15, -0.1) is 0 Å². The van der Waals surface area contributed by atoms with Gasteiger partial charge in [0.1, 0.15) is 5.75 Å². The van der Waals surface area contributed by atoms with Crippen molar-refractivity contribution in [2.45, 2.75) is 19.8 Å². The quantitative estimate of drug-likeness (QED) is 0.421. The Morgan fingerprint density at radius 2 is 2.11 bits per heavy atom. The molecule has 0 atom stereocenters. The van der Waals surface area contributed by atoms with Gasteiger partial charge in [-0.1, -0.05) is 6.07 Å². The zero-order valence-corrected chi connectivity index (χ0v) is 11.3. The van der Waals surface area contributed by atoms with E-state index in [2.05, 4.69) is 0 Å². The monoisotopic (exact) mass is 267 g/mol. The van der Waals surface area contributed by atoms with Crippen LogP contribution in [-0.2, 0) is 14.3 Å². The maximum atomic E-state index is 11.4. The maximum absolute atomic E-state index is 11.4. The Morgan fingerprint density at radius 1 is 1.26 bits per heavy atom. The number of carbonyl (C=O) groups is 1. The topological polar surface area (TPSA) is 70.8 Å². The molecule has 1 rings (SSSR count). The lowest BCUT2D eigenvalue weighted by atomic mass is 10.3. The van der Waals surface area contributed by atoms with E-state index in [1.54, 1.807) is 24.3 Å². The number of ether oxygens (including phenoxy) is 3. The van der Waals surface area contributed by atoms with Crippen molar-refractivity contribution in [2.75, 3.05) is 32.2 Å². The van der Waals surface area contributed by atoms with Crippen LogP contribution in [0.25, 0.3) is 0 Å². The second-order valence-corrected chi connectivity index (χ2v) is 3.94. The molecule has 2 N–H and O–H groups in total. The predicted molar refractivity (Wildman–Crippen MR) is 73.0 cm³/mol. The van der Waals surface area contributed by atoms with Crippen molar-refractivity contribution in [3.05, 3.63) is 24.3 Å². The predicted octanol–water partition coefficient (Wildman–Crippen LogP) is 2.01. The molecule has 0 aliphatic rings. The Kier molecular flexibility index (Phi) is 7.43. The molecule has 1 aromatic carbocycles. The molecular formula is C14H21NO4. The lowest BCUT2D eigenvalue weighted by Crippen LogP contribution is -2.11.